The SMILES string of the molecule is CC(C)(C)[C@H](N)C(=O)Nc1cccc(CS(=O)(=O)c2ccccc2)c1. The summed E-state index contributed by atoms with van der Waals surface area (Å²) in [7, 11) is -3.44. The number of nitrogens with one attached hydrogen (secondary N) is 1. The van der Waals surface area contributed by atoms with Gasteiger partial charge in [0.25, 0.3) is 0 Å². The van der Waals surface area contributed by atoms with Crippen LogP contribution in [0.3, 0.4) is 0 Å². The van der Waals surface area contributed by atoms with Gasteiger partial charge in [-0.1, -0.05) is 51.1 Å². The summed E-state index contributed by atoms with van der Waals surface area (Å²) < 4.78 is 24.9. The first-order valence-corrected chi connectivity index (χ1v) is 9.68. The molecule has 0 bridgehead atoms. The quantitative estimate of drug-likeness (QED) is 0.858. The Kier molecular flexibility index (Phi) is 5.65. The lowest BCUT2D eigenvalue weighted by Gasteiger charge is -2.25. The van der Waals surface area contributed by atoms with E-state index in [1.807, 2.05) is 20.8 Å². The van der Waals surface area contributed by atoms with Crippen LogP contribution in [-0.4, -0.2) is 20.4 Å². The highest BCUT2D eigenvalue weighted by Crippen LogP contribution is 2.21. The highest BCUT2D eigenvalue weighted by molar-refractivity contribution is 7.90. The lowest BCUT2D eigenvalue weighted by atomic mass is 9.87. The van der Waals surface area contributed by atoms with Crippen LogP contribution in [0.25, 0.3) is 0 Å². The average Bonchev–Trinajstić information content (AvgIpc) is 2.54. The smallest absolute Gasteiger partial charge is 0.241 e. The molecule has 0 saturated carbocycles. The molecule has 1 atom stereocenters. The van der Waals surface area contributed by atoms with E-state index in [1.54, 1.807) is 54.6 Å². The number of nitrogens with two attached hydrogens (primary N) is 1. The summed E-state index contributed by atoms with van der Waals surface area (Å²) >= 11 is 0. The van der Waals surface area contributed by atoms with Crippen LogP contribution in [0.2, 0.25) is 0 Å². The number of sulfone groups is 1. The van der Waals surface area contributed by atoms with Gasteiger partial charge in [0.05, 0.1) is 16.7 Å². The van der Waals surface area contributed by atoms with E-state index < -0.39 is 15.9 Å². The molecule has 2 aromatic rings. The average molecular weight is 360 g/mol. The zero-order valence-electron chi connectivity index (χ0n) is 14.7. The Balaban J connectivity index is 2.16. The van der Waals surface area contributed by atoms with Crippen molar-refractivity contribution in [3.63, 3.8) is 0 Å². The van der Waals surface area contributed by atoms with Gasteiger partial charge in [0, 0.05) is 5.69 Å². The van der Waals surface area contributed by atoms with Crippen molar-refractivity contribution in [2.24, 2.45) is 11.1 Å². The van der Waals surface area contributed by atoms with Gasteiger partial charge < -0.3 is 11.1 Å². The fourth-order valence-corrected chi connectivity index (χ4v) is 3.64. The topological polar surface area (TPSA) is 89.3 Å². The molecule has 0 aliphatic heterocycles. The van der Waals surface area contributed by atoms with E-state index in [-0.39, 0.29) is 22.0 Å². The van der Waals surface area contributed by atoms with Gasteiger partial charge in [-0.05, 0) is 35.2 Å². The Bertz CT molecular complexity index is 840. The number of anilines is 1. The molecule has 0 aromatic heterocycles. The summed E-state index contributed by atoms with van der Waals surface area (Å²) in [6.45, 7) is 5.67. The molecule has 0 radical (unpaired) electrons. The first-order chi connectivity index (χ1) is 11.6. The maximum atomic E-state index is 12.5. The standard InChI is InChI=1S/C19H24N2O3S/c1-19(2,3)17(20)18(22)21-15-9-7-8-14(12-15)13-25(23,24)16-10-5-4-6-11-16/h4-12,17H,13,20H2,1-3H3,(H,21,22)/t17-/m1/s1. The first-order valence-electron chi connectivity index (χ1n) is 8.03. The Labute approximate surface area is 149 Å². The summed E-state index contributed by atoms with van der Waals surface area (Å²) in [5.74, 6) is -0.429. The molecule has 0 unspecified atom stereocenters. The van der Waals surface area contributed by atoms with Crippen molar-refractivity contribution in [1.82, 2.24) is 0 Å². The van der Waals surface area contributed by atoms with E-state index >= 15 is 0 Å². The molecule has 0 heterocycles. The van der Waals surface area contributed by atoms with Crippen molar-refractivity contribution in [2.75, 3.05) is 5.32 Å². The Morgan fingerprint density at radius 2 is 1.72 bits per heavy atom. The number of benzene rings is 2. The van der Waals surface area contributed by atoms with E-state index in [0.717, 1.165) is 0 Å². The molecule has 1 amide bonds. The van der Waals surface area contributed by atoms with Crippen molar-refractivity contribution >= 4 is 21.4 Å². The van der Waals surface area contributed by atoms with Crippen molar-refractivity contribution in [3.05, 3.63) is 60.2 Å². The second kappa shape index (κ2) is 7.37. The fraction of sp³-hybridized carbons (Fsp3) is 0.316. The largest absolute Gasteiger partial charge is 0.325 e. The van der Waals surface area contributed by atoms with Crippen LogP contribution >= 0.6 is 0 Å². The minimum absolute atomic E-state index is 0.133. The van der Waals surface area contributed by atoms with Crippen molar-refractivity contribution in [1.29, 1.82) is 0 Å². The molecule has 0 saturated heterocycles. The molecular formula is C19H24N2O3S. The number of carbonyl (C=O) groups excluding carboxylic acids is 1. The van der Waals surface area contributed by atoms with Crippen LogP contribution in [0.1, 0.15) is 26.3 Å². The van der Waals surface area contributed by atoms with E-state index in [9.17, 15) is 13.2 Å². The van der Waals surface area contributed by atoms with Gasteiger partial charge in [-0.3, -0.25) is 4.79 Å². The monoisotopic (exact) mass is 360 g/mol. The van der Waals surface area contributed by atoms with Crippen LogP contribution in [0.5, 0.6) is 0 Å². The molecule has 2 aromatic carbocycles. The summed E-state index contributed by atoms with van der Waals surface area (Å²) in [5, 5.41) is 2.76. The van der Waals surface area contributed by atoms with E-state index in [0.29, 0.717) is 11.3 Å². The van der Waals surface area contributed by atoms with E-state index in [4.69, 9.17) is 5.73 Å². The third kappa shape index (κ3) is 5.14. The summed E-state index contributed by atoms with van der Waals surface area (Å²) in [6.07, 6.45) is 0. The Morgan fingerprint density at radius 3 is 2.32 bits per heavy atom. The predicted molar refractivity (Wildman–Crippen MR) is 99.8 cm³/mol. The van der Waals surface area contributed by atoms with Crippen LogP contribution < -0.4 is 11.1 Å². The van der Waals surface area contributed by atoms with Gasteiger partial charge in [0.15, 0.2) is 9.84 Å². The highest BCUT2D eigenvalue weighted by Gasteiger charge is 2.27. The second-order valence-corrected chi connectivity index (χ2v) is 9.10. The summed E-state index contributed by atoms with van der Waals surface area (Å²) in [6, 6.07) is 14.5. The maximum Gasteiger partial charge on any atom is 0.241 e. The molecule has 134 valence electrons. The fourth-order valence-electron chi connectivity index (χ4n) is 2.28. The number of amides is 1. The molecule has 0 aliphatic carbocycles. The molecule has 2 rings (SSSR count). The molecule has 25 heavy (non-hydrogen) atoms. The van der Waals surface area contributed by atoms with Crippen molar-refractivity contribution in [3.8, 4) is 0 Å². The lowest BCUT2D eigenvalue weighted by Crippen LogP contribution is -2.45. The second-order valence-electron chi connectivity index (χ2n) is 7.11. The van der Waals surface area contributed by atoms with Crippen molar-refractivity contribution in [2.45, 2.75) is 37.5 Å². The molecule has 0 spiro atoms. The van der Waals surface area contributed by atoms with Gasteiger partial charge in [-0.15, -0.1) is 0 Å². The number of carbonyl (C=O) groups is 1. The van der Waals surface area contributed by atoms with Gasteiger partial charge in [-0.25, -0.2) is 8.42 Å². The molecule has 0 aliphatic rings. The van der Waals surface area contributed by atoms with Gasteiger partial charge in [-0.2, -0.15) is 0 Å². The predicted octanol–water partition coefficient (Wildman–Crippen LogP) is 2.97. The number of rotatable bonds is 5. The Hall–Kier alpha value is -2.18. The zero-order chi connectivity index (χ0) is 18.7. The number of hydrogen-bond donors (Lipinski definition) is 2. The van der Waals surface area contributed by atoms with Gasteiger partial charge >= 0.3 is 0 Å². The highest BCUT2D eigenvalue weighted by atomic mass is 32.2. The maximum absolute atomic E-state index is 12.5. The molecule has 6 heteroatoms. The molecule has 3 N–H and O–H groups in total. The van der Waals surface area contributed by atoms with Gasteiger partial charge in [0.2, 0.25) is 5.91 Å². The molecule has 5 nitrogen and oxygen atoms in total. The first kappa shape index (κ1) is 19.1. The van der Waals surface area contributed by atoms with E-state index in [2.05, 4.69) is 5.32 Å². The third-order valence-corrected chi connectivity index (χ3v) is 5.57. The van der Waals surface area contributed by atoms with Crippen LogP contribution in [0.4, 0.5) is 5.69 Å². The van der Waals surface area contributed by atoms with Crippen molar-refractivity contribution < 1.29 is 13.2 Å². The summed E-state index contributed by atoms with van der Waals surface area (Å²) in [4.78, 5) is 12.5. The number of hydrogen-bond acceptors (Lipinski definition) is 4. The third-order valence-electron chi connectivity index (χ3n) is 3.87. The minimum Gasteiger partial charge on any atom is -0.325 e. The van der Waals surface area contributed by atoms with Crippen LogP contribution in [0, 0.1) is 5.41 Å². The van der Waals surface area contributed by atoms with Crippen LogP contribution in [0.15, 0.2) is 59.5 Å². The Morgan fingerprint density at radius 1 is 1.08 bits per heavy atom. The lowest BCUT2D eigenvalue weighted by molar-refractivity contribution is -0.119. The van der Waals surface area contributed by atoms with E-state index in [1.165, 1.54) is 0 Å². The summed E-state index contributed by atoms with van der Waals surface area (Å²) in [5.41, 5.74) is 6.72. The molecule has 0 fully saturated rings. The van der Waals surface area contributed by atoms with Crippen LogP contribution in [-0.2, 0) is 20.4 Å². The normalized spacial score (nSPS) is 13.3. The zero-order valence-corrected chi connectivity index (χ0v) is 15.5. The van der Waals surface area contributed by atoms with Gasteiger partial charge in [0.1, 0.15) is 0 Å². The molecular weight excluding hydrogens is 336 g/mol. The minimum atomic E-state index is -3.44.